The molecule has 0 fully saturated rings. The number of alkyl carbamates (subject to hydrolysis) is 1. The molecule has 34 heavy (non-hydrogen) atoms. The first-order valence-corrected chi connectivity index (χ1v) is 11.5. The summed E-state index contributed by atoms with van der Waals surface area (Å²) in [6, 6.07) is 12.0. The molecular formula is C26H33FN4O3. The van der Waals surface area contributed by atoms with Crippen LogP contribution in [0.25, 0.3) is 22.2 Å². The Balaban J connectivity index is 1.52. The van der Waals surface area contributed by atoms with Crippen LogP contribution in [0.1, 0.15) is 51.2 Å². The molecule has 0 radical (unpaired) electrons. The molecule has 0 saturated carbocycles. The van der Waals surface area contributed by atoms with Crippen molar-refractivity contribution in [2.75, 3.05) is 13.1 Å². The number of benzene rings is 2. The Hall–Kier alpha value is -3.42. The highest BCUT2D eigenvalue weighted by Gasteiger charge is 2.17. The second-order valence-electron chi connectivity index (χ2n) is 9.59. The van der Waals surface area contributed by atoms with Crippen LogP contribution in [0.3, 0.4) is 0 Å². The second kappa shape index (κ2) is 10.7. The molecule has 7 nitrogen and oxygen atoms in total. The number of amides is 2. The van der Waals surface area contributed by atoms with Crippen LogP contribution in [0.5, 0.6) is 0 Å². The van der Waals surface area contributed by atoms with Gasteiger partial charge in [0.2, 0.25) is 0 Å². The molecule has 0 unspecified atom stereocenters. The summed E-state index contributed by atoms with van der Waals surface area (Å²) in [6.45, 7) is 8.56. The number of imidazole rings is 1. The van der Waals surface area contributed by atoms with Crippen LogP contribution in [0, 0.1) is 11.7 Å². The molecule has 0 saturated heterocycles. The number of carbonyl (C=O) groups excluding carboxylic acids is 2. The average Bonchev–Trinajstić information content (AvgIpc) is 3.10. The Labute approximate surface area is 199 Å². The zero-order chi connectivity index (χ0) is 24.9. The highest BCUT2D eigenvalue weighted by atomic mass is 19.1. The minimum atomic E-state index is -0.514. The molecule has 182 valence electrons. The highest BCUT2D eigenvalue weighted by molar-refractivity contribution is 5.95. The molecule has 1 heterocycles. The van der Waals surface area contributed by atoms with Gasteiger partial charge < -0.3 is 19.9 Å². The third kappa shape index (κ3) is 6.79. The van der Waals surface area contributed by atoms with Crippen molar-refractivity contribution in [3.05, 3.63) is 54.1 Å². The zero-order valence-corrected chi connectivity index (χ0v) is 20.4. The Kier molecular flexibility index (Phi) is 7.91. The highest BCUT2D eigenvalue weighted by Crippen LogP contribution is 2.25. The summed E-state index contributed by atoms with van der Waals surface area (Å²) in [5.74, 6) is 0.0603. The Morgan fingerprint density at radius 2 is 1.76 bits per heavy atom. The molecule has 3 rings (SSSR count). The summed E-state index contributed by atoms with van der Waals surface area (Å²) in [5, 5.41) is 5.70. The summed E-state index contributed by atoms with van der Waals surface area (Å²) in [4.78, 5) is 29.0. The predicted molar refractivity (Wildman–Crippen MR) is 131 cm³/mol. The van der Waals surface area contributed by atoms with Gasteiger partial charge in [-0.3, -0.25) is 4.79 Å². The maximum absolute atomic E-state index is 13.2. The van der Waals surface area contributed by atoms with Gasteiger partial charge in [-0.1, -0.05) is 25.1 Å². The molecule has 3 aromatic rings. The van der Waals surface area contributed by atoms with Gasteiger partial charge in [0.05, 0.1) is 11.0 Å². The van der Waals surface area contributed by atoms with Crippen LogP contribution in [0.2, 0.25) is 0 Å². The number of aromatic nitrogens is 2. The predicted octanol–water partition coefficient (Wildman–Crippen LogP) is 5.05. The van der Waals surface area contributed by atoms with E-state index in [-0.39, 0.29) is 17.6 Å². The van der Waals surface area contributed by atoms with E-state index < -0.39 is 11.7 Å². The number of fused-ring (bicyclic) bond motifs is 1. The molecule has 0 aliphatic carbocycles. The van der Waals surface area contributed by atoms with E-state index in [4.69, 9.17) is 4.74 Å². The van der Waals surface area contributed by atoms with Crippen molar-refractivity contribution in [1.29, 1.82) is 0 Å². The minimum Gasteiger partial charge on any atom is -0.444 e. The largest absolute Gasteiger partial charge is 0.444 e. The lowest BCUT2D eigenvalue weighted by Gasteiger charge is -2.20. The van der Waals surface area contributed by atoms with Crippen molar-refractivity contribution < 1.29 is 18.7 Å². The van der Waals surface area contributed by atoms with Crippen molar-refractivity contribution >= 4 is 23.0 Å². The van der Waals surface area contributed by atoms with Gasteiger partial charge in [-0.15, -0.1) is 0 Å². The fraction of sp³-hybridized carbons (Fsp3) is 0.423. The fourth-order valence-corrected chi connectivity index (χ4v) is 3.63. The van der Waals surface area contributed by atoms with Gasteiger partial charge in [0.25, 0.3) is 5.91 Å². The zero-order valence-electron chi connectivity index (χ0n) is 20.4. The van der Waals surface area contributed by atoms with E-state index in [0.717, 1.165) is 29.5 Å². The molecule has 0 aliphatic rings. The maximum atomic E-state index is 13.2. The molecule has 0 spiro atoms. The van der Waals surface area contributed by atoms with Gasteiger partial charge in [-0.25, -0.2) is 14.2 Å². The van der Waals surface area contributed by atoms with E-state index in [9.17, 15) is 14.0 Å². The Morgan fingerprint density at radius 1 is 1.09 bits per heavy atom. The first-order chi connectivity index (χ1) is 16.0. The van der Waals surface area contributed by atoms with Crippen LogP contribution in [-0.2, 0) is 11.8 Å². The van der Waals surface area contributed by atoms with Crippen molar-refractivity contribution in [3.8, 4) is 11.1 Å². The molecule has 1 aromatic heterocycles. The standard InChI is InChI=1S/C26H33FN4O3/c1-17(7-6-14-28-25(33)34-26(2,3)4)16-29-24(32)23-30-21-15-19(10-13-22(21)31(23)5)18-8-11-20(27)12-9-18/h8-13,15,17H,6-7,14,16H2,1-5H3,(H,28,33)(H,29,32)/t17-/m0/s1. The minimum absolute atomic E-state index is 0.235. The van der Waals surface area contributed by atoms with Crippen LogP contribution in [-0.4, -0.2) is 40.2 Å². The molecule has 0 aliphatic heterocycles. The maximum Gasteiger partial charge on any atom is 0.407 e. The lowest BCUT2D eigenvalue weighted by atomic mass is 10.1. The van der Waals surface area contributed by atoms with Crippen LogP contribution < -0.4 is 10.6 Å². The number of halogens is 1. The van der Waals surface area contributed by atoms with E-state index in [1.807, 2.05) is 46.0 Å². The van der Waals surface area contributed by atoms with Crippen LogP contribution >= 0.6 is 0 Å². The number of rotatable bonds is 8. The lowest BCUT2D eigenvalue weighted by Crippen LogP contribution is -2.33. The van der Waals surface area contributed by atoms with Crippen molar-refractivity contribution in [1.82, 2.24) is 20.2 Å². The summed E-state index contributed by atoms with van der Waals surface area (Å²) < 4.78 is 20.2. The Bertz CT molecular complexity index is 1150. The van der Waals surface area contributed by atoms with Crippen LogP contribution in [0.15, 0.2) is 42.5 Å². The molecule has 2 amide bonds. The third-order valence-electron chi connectivity index (χ3n) is 5.41. The normalized spacial score (nSPS) is 12.4. The number of carbonyl (C=O) groups is 2. The van der Waals surface area contributed by atoms with Gasteiger partial charge in [0.1, 0.15) is 11.4 Å². The van der Waals surface area contributed by atoms with Gasteiger partial charge in [0, 0.05) is 20.1 Å². The average molecular weight is 469 g/mol. The quantitative estimate of drug-likeness (QED) is 0.453. The number of hydrogen-bond acceptors (Lipinski definition) is 4. The van der Waals surface area contributed by atoms with Gasteiger partial charge >= 0.3 is 6.09 Å². The first kappa shape index (κ1) is 25.2. The molecule has 2 aromatic carbocycles. The van der Waals surface area contributed by atoms with E-state index >= 15 is 0 Å². The lowest BCUT2D eigenvalue weighted by molar-refractivity contribution is 0.0526. The number of aryl methyl sites for hydroxylation is 1. The monoisotopic (exact) mass is 468 g/mol. The molecule has 8 heteroatoms. The molecule has 2 N–H and O–H groups in total. The van der Waals surface area contributed by atoms with E-state index in [0.29, 0.717) is 24.4 Å². The van der Waals surface area contributed by atoms with E-state index in [1.165, 1.54) is 12.1 Å². The summed E-state index contributed by atoms with van der Waals surface area (Å²) in [7, 11) is 1.81. The number of ether oxygens (including phenoxy) is 1. The third-order valence-corrected chi connectivity index (χ3v) is 5.41. The molecule has 0 bridgehead atoms. The summed E-state index contributed by atoms with van der Waals surface area (Å²) >= 11 is 0. The topological polar surface area (TPSA) is 85.2 Å². The molecule has 1 atom stereocenters. The number of nitrogens with one attached hydrogen (secondary N) is 2. The van der Waals surface area contributed by atoms with Gasteiger partial charge in [-0.05, 0) is 74.9 Å². The Morgan fingerprint density at radius 3 is 2.44 bits per heavy atom. The smallest absolute Gasteiger partial charge is 0.407 e. The van der Waals surface area contributed by atoms with Gasteiger partial charge in [-0.2, -0.15) is 0 Å². The summed E-state index contributed by atoms with van der Waals surface area (Å²) in [5.41, 5.74) is 2.83. The first-order valence-electron chi connectivity index (χ1n) is 11.5. The SMILES string of the molecule is C[C@@H](CCCNC(=O)OC(C)(C)C)CNC(=O)c1nc2cc(-c3ccc(F)cc3)ccc2n1C. The fourth-order valence-electron chi connectivity index (χ4n) is 3.63. The second-order valence-corrected chi connectivity index (χ2v) is 9.59. The van der Waals surface area contributed by atoms with Crippen molar-refractivity contribution in [3.63, 3.8) is 0 Å². The van der Waals surface area contributed by atoms with Crippen molar-refractivity contribution in [2.24, 2.45) is 13.0 Å². The number of hydrogen-bond donors (Lipinski definition) is 2. The summed E-state index contributed by atoms with van der Waals surface area (Å²) in [6.07, 6.45) is 1.21. The number of nitrogens with zero attached hydrogens (tertiary/aromatic N) is 2. The van der Waals surface area contributed by atoms with E-state index in [2.05, 4.69) is 22.5 Å². The van der Waals surface area contributed by atoms with Crippen LogP contribution in [0.4, 0.5) is 9.18 Å². The molecular weight excluding hydrogens is 435 g/mol. The van der Waals surface area contributed by atoms with Gasteiger partial charge in [0.15, 0.2) is 5.82 Å². The van der Waals surface area contributed by atoms with E-state index in [1.54, 1.807) is 16.7 Å². The van der Waals surface area contributed by atoms with Crippen molar-refractivity contribution in [2.45, 2.75) is 46.1 Å².